The third kappa shape index (κ3) is 5.69. The number of carbonyl (C=O) groups excluding carboxylic acids is 1. The van der Waals surface area contributed by atoms with Crippen LogP contribution in [0.1, 0.15) is 44.5 Å². The number of aromatic nitrogens is 1. The minimum Gasteiger partial charge on any atom is -0.481 e. The van der Waals surface area contributed by atoms with Crippen LogP contribution in [-0.4, -0.2) is 27.8 Å². The van der Waals surface area contributed by atoms with Crippen LogP contribution in [-0.2, 0) is 9.53 Å². The number of amides is 1. The lowest BCUT2D eigenvalue weighted by Gasteiger charge is -2.23. The van der Waals surface area contributed by atoms with Crippen LogP contribution < -0.4 is 5.32 Å². The summed E-state index contributed by atoms with van der Waals surface area (Å²) < 4.78 is 5.13. The van der Waals surface area contributed by atoms with E-state index in [1.807, 2.05) is 6.92 Å². The van der Waals surface area contributed by atoms with Gasteiger partial charge in [-0.05, 0) is 39.3 Å². The van der Waals surface area contributed by atoms with Gasteiger partial charge in [0.1, 0.15) is 5.60 Å². The molecule has 6 nitrogen and oxygen atoms in total. The van der Waals surface area contributed by atoms with Crippen LogP contribution in [0.2, 0.25) is 0 Å². The van der Waals surface area contributed by atoms with Crippen molar-refractivity contribution in [3.05, 3.63) is 29.6 Å². The summed E-state index contributed by atoms with van der Waals surface area (Å²) in [7, 11) is 0. The topological polar surface area (TPSA) is 88.5 Å². The third-order valence-corrected chi connectivity index (χ3v) is 2.41. The summed E-state index contributed by atoms with van der Waals surface area (Å²) in [5.41, 5.74) is 0.813. The molecule has 0 radical (unpaired) electrons. The number of hydrogen-bond donors (Lipinski definition) is 2. The highest BCUT2D eigenvalue weighted by molar-refractivity contribution is 5.72. The van der Waals surface area contributed by atoms with Crippen molar-refractivity contribution in [1.29, 1.82) is 0 Å². The summed E-state index contributed by atoms with van der Waals surface area (Å²) in [6, 6.07) is 2.84. The average molecular weight is 280 g/mol. The number of hydrogen-bond acceptors (Lipinski definition) is 4. The predicted octanol–water partition coefficient (Wildman–Crippen LogP) is 2.43. The number of carbonyl (C=O) groups is 2. The van der Waals surface area contributed by atoms with Gasteiger partial charge in [0.05, 0.1) is 12.5 Å². The van der Waals surface area contributed by atoms with Crippen molar-refractivity contribution in [3.8, 4) is 0 Å². The average Bonchev–Trinajstić information content (AvgIpc) is 2.25. The molecule has 1 heterocycles. The maximum Gasteiger partial charge on any atom is 0.408 e. The standard InChI is InChI=1S/C14H20N2O4/c1-9-5-6-10(8-15-9)11(7-12(17)18)16-13(19)20-14(2,3)4/h5-6,8,11H,7H2,1-4H3,(H,16,19)(H,17,18)/t11-/m1/s1. The van der Waals surface area contributed by atoms with E-state index < -0.39 is 23.7 Å². The number of carboxylic acid groups (broad SMARTS) is 1. The van der Waals surface area contributed by atoms with Crippen LogP contribution in [0.4, 0.5) is 4.79 Å². The smallest absolute Gasteiger partial charge is 0.408 e. The first-order valence-corrected chi connectivity index (χ1v) is 6.31. The summed E-state index contributed by atoms with van der Waals surface area (Å²) >= 11 is 0. The van der Waals surface area contributed by atoms with E-state index in [4.69, 9.17) is 9.84 Å². The molecule has 0 aliphatic rings. The molecule has 20 heavy (non-hydrogen) atoms. The summed E-state index contributed by atoms with van der Waals surface area (Å²) in [6.07, 6.45) is 0.675. The Morgan fingerprint density at radius 1 is 1.40 bits per heavy atom. The zero-order chi connectivity index (χ0) is 15.3. The Morgan fingerprint density at radius 2 is 2.05 bits per heavy atom. The monoisotopic (exact) mass is 280 g/mol. The van der Waals surface area contributed by atoms with Gasteiger partial charge in [0.15, 0.2) is 0 Å². The van der Waals surface area contributed by atoms with E-state index in [9.17, 15) is 9.59 Å². The predicted molar refractivity (Wildman–Crippen MR) is 73.3 cm³/mol. The summed E-state index contributed by atoms with van der Waals surface area (Å²) in [4.78, 5) is 26.8. The Morgan fingerprint density at radius 3 is 2.50 bits per heavy atom. The molecule has 2 N–H and O–H groups in total. The van der Waals surface area contributed by atoms with Gasteiger partial charge < -0.3 is 15.2 Å². The molecule has 6 heteroatoms. The second kappa shape index (κ2) is 6.36. The first-order chi connectivity index (χ1) is 9.17. The Labute approximate surface area is 118 Å². The van der Waals surface area contributed by atoms with E-state index >= 15 is 0 Å². The zero-order valence-corrected chi connectivity index (χ0v) is 12.1. The number of aliphatic carboxylic acids is 1. The van der Waals surface area contributed by atoms with Gasteiger partial charge in [0, 0.05) is 11.9 Å². The van der Waals surface area contributed by atoms with Crippen LogP contribution in [0, 0.1) is 6.92 Å². The summed E-state index contributed by atoms with van der Waals surface area (Å²) in [5, 5.41) is 11.5. The van der Waals surface area contributed by atoms with Gasteiger partial charge in [0.25, 0.3) is 0 Å². The Balaban J connectivity index is 2.82. The van der Waals surface area contributed by atoms with E-state index in [2.05, 4.69) is 10.3 Å². The van der Waals surface area contributed by atoms with Crippen molar-refractivity contribution < 1.29 is 19.4 Å². The molecule has 0 aliphatic heterocycles. The molecule has 1 rings (SSSR count). The summed E-state index contributed by atoms with van der Waals surface area (Å²) in [5.74, 6) is -1.01. The van der Waals surface area contributed by atoms with E-state index in [1.54, 1.807) is 39.1 Å². The molecule has 0 fully saturated rings. The van der Waals surface area contributed by atoms with Gasteiger partial charge in [0.2, 0.25) is 0 Å². The van der Waals surface area contributed by atoms with Crippen molar-refractivity contribution in [3.63, 3.8) is 0 Å². The minimum absolute atomic E-state index is 0.232. The number of rotatable bonds is 4. The quantitative estimate of drug-likeness (QED) is 0.884. The molecule has 0 unspecified atom stereocenters. The van der Waals surface area contributed by atoms with Gasteiger partial charge in [-0.25, -0.2) is 4.79 Å². The van der Waals surface area contributed by atoms with Gasteiger partial charge in [-0.15, -0.1) is 0 Å². The fourth-order valence-corrected chi connectivity index (χ4v) is 1.56. The van der Waals surface area contributed by atoms with Crippen molar-refractivity contribution >= 4 is 12.1 Å². The molecule has 0 bridgehead atoms. The zero-order valence-electron chi connectivity index (χ0n) is 12.1. The van der Waals surface area contributed by atoms with E-state index in [-0.39, 0.29) is 6.42 Å². The molecule has 0 saturated heterocycles. The second-order valence-electron chi connectivity index (χ2n) is 5.53. The number of nitrogens with one attached hydrogen (secondary N) is 1. The highest BCUT2D eigenvalue weighted by Gasteiger charge is 2.22. The molecular formula is C14H20N2O4. The van der Waals surface area contributed by atoms with E-state index in [1.165, 1.54) is 0 Å². The molecular weight excluding hydrogens is 260 g/mol. The van der Waals surface area contributed by atoms with Crippen LogP contribution >= 0.6 is 0 Å². The van der Waals surface area contributed by atoms with Gasteiger partial charge in [-0.3, -0.25) is 9.78 Å². The van der Waals surface area contributed by atoms with Crippen molar-refractivity contribution in [2.75, 3.05) is 0 Å². The molecule has 0 aromatic carbocycles. The van der Waals surface area contributed by atoms with Gasteiger partial charge >= 0.3 is 12.1 Å². The lowest BCUT2D eigenvalue weighted by atomic mass is 10.1. The third-order valence-electron chi connectivity index (χ3n) is 2.41. The summed E-state index contributed by atoms with van der Waals surface area (Å²) in [6.45, 7) is 7.06. The fraction of sp³-hybridized carbons (Fsp3) is 0.500. The molecule has 1 aromatic rings. The molecule has 110 valence electrons. The molecule has 1 atom stereocenters. The first-order valence-electron chi connectivity index (χ1n) is 6.31. The van der Waals surface area contributed by atoms with E-state index in [0.717, 1.165) is 5.69 Å². The highest BCUT2D eigenvalue weighted by atomic mass is 16.6. The van der Waals surface area contributed by atoms with Crippen LogP contribution in [0.3, 0.4) is 0 Å². The highest BCUT2D eigenvalue weighted by Crippen LogP contribution is 2.17. The van der Waals surface area contributed by atoms with Gasteiger partial charge in [-0.2, -0.15) is 0 Å². The molecule has 1 amide bonds. The molecule has 1 aromatic heterocycles. The van der Waals surface area contributed by atoms with Crippen LogP contribution in [0.25, 0.3) is 0 Å². The number of aryl methyl sites for hydroxylation is 1. The van der Waals surface area contributed by atoms with Crippen LogP contribution in [0.15, 0.2) is 18.3 Å². The molecule has 0 aliphatic carbocycles. The van der Waals surface area contributed by atoms with Crippen molar-refractivity contribution in [2.45, 2.75) is 45.8 Å². The normalized spacial score (nSPS) is 12.6. The van der Waals surface area contributed by atoms with Gasteiger partial charge in [-0.1, -0.05) is 6.07 Å². The number of ether oxygens (including phenoxy) is 1. The Kier molecular flexibility index (Phi) is 5.07. The second-order valence-corrected chi connectivity index (χ2v) is 5.53. The SMILES string of the molecule is Cc1ccc([C@@H](CC(=O)O)NC(=O)OC(C)(C)C)cn1. The minimum atomic E-state index is -1.01. The lowest BCUT2D eigenvalue weighted by Crippen LogP contribution is -2.35. The first kappa shape index (κ1) is 15.9. The van der Waals surface area contributed by atoms with Crippen molar-refractivity contribution in [2.24, 2.45) is 0 Å². The maximum absolute atomic E-state index is 11.7. The number of nitrogens with zero attached hydrogens (tertiary/aromatic N) is 1. The maximum atomic E-state index is 11.7. The number of alkyl carbamates (subject to hydrolysis) is 1. The van der Waals surface area contributed by atoms with Crippen molar-refractivity contribution in [1.82, 2.24) is 10.3 Å². The fourth-order valence-electron chi connectivity index (χ4n) is 1.56. The lowest BCUT2D eigenvalue weighted by molar-refractivity contribution is -0.137. The Hall–Kier alpha value is -2.11. The van der Waals surface area contributed by atoms with Crippen LogP contribution in [0.5, 0.6) is 0 Å². The molecule has 0 saturated carbocycles. The van der Waals surface area contributed by atoms with E-state index in [0.29, 0.717) is 5.56 Å². The largest absolute Gasteiger partial charge is 0.481 e. The Bertz CT molecular complexity index is 477. The number of carboxylic acids is 1. The molecule has 0 spiro atoms. The number of pyridine rings is 1.